The molecule has 2 aromatic rings. The van der Waals surface area contributed by atoms with E-state index in [-0.39, 0.29) is 28.9 Å². The number of methoxy groups -OCH3 is 1. The van der Waals surface area contributed by atoms with Crippen LogP contribution in [0.15, 0.2) is 51.8 Å². The monoisotopic (exact) mass is 589 g/mol. The van der Waals surface area contributed by atoms with Crippen molar-refractivity contribution in [3.8, 4) is 11.5 Å². The number of ether oxygens (including phenoxy) is 2. The predicted molar refractivity (Wildman–Crippen MR) is 142 cm³/mol. The molecule has 2 aliphatic heterocycles. The standard InChI is InChI=1S/C25H24BrN3O7S/c1-35-19-11-16(18(26)13-20(19)36-15-23(31)32)12-21-24(33)29(25(34)37-21)14-22(30)28-9-7-27(8-10-28)17-5-3-2-4-6-17/h2-6,11-13H,7-10,14-15H2,1H3,(H,31,32)/b21-12+. The summed E-state index contributed by atoms with van der Waals surface area (Å²) >= 11 is 4.13. The first kappa shape index (κ1) is 26.6. The molecule has 1 N–H and O–H groups in total. The average molecular weight is 590 g/mol. The molecule has 2 aromatic carbocycles. The maximum Gasteiger partial charge on any atom is 0.341 e. The zero-order valence-corrected chi connectivity index (χ0v) is 22.3. The van der Waals surface area contributed by atoms with Gasteiger partial charge in [0.25, 0.3) is 11.1 Å². The molecule has 2 fully saturated rings. The van der Waals surface area contributed by atoms with Gasteiger partial charge in [0, 0.05) is 36.3 Å². The summed E-state index contributed by atoms with van der Waals surface area (Å²) in [6, 6.07) is 13.0. The Morgan fingerprint density at radius 1 is 1.08 bits per heavy atom. The Labute approximate surface area is 225 Å². The minimum absolute atomic E-state index is 0.161. The zero-order valence-electron chi connectivity index (χ0n) is 19.9. The molecule has 4 rings (SSSR count). The second kappa shape index (κ2) is 11.7. The molecule has 0 aliphatic carbocycles. The minimum Gasteiger partial charge on any atom is -0.493 e. The molecule has 194 valence electrons. The molecule has 0 spiro atoms. The van der Waals surface area contributed by atoms with Crippen molar-refractivity contribution >= 4 is 62.5 Å². The fraction of sp³-hybridized carbons (Fsp3) is 0.280. The number of thioether (sulfide) groups is 1. The number of carbonyl (C=O) groups is 4. The zero-order chi connectivity index (χ0) is 26.5. The molecule has 2 aliphatic rings. The highest BCUT2D eigenvalue weighted by atomic mass is 79.9. The number of amides is 3. The van der Waals surface area contributed by atoms with Crippen LogP contribution in [0.4, 0.5) is 10.5 Å². The van der Waals surface area contributed by atoms with Crippen LogP contribution >= 0.6 is 27.7 Å². The van der Waals surface area contributed by atoms with Crippen molar-refractivity contribution in [2.75, 3.05) is 51.3 Å². The van der Waals surface area contributed by atoms with Crippen molar-refractivity contribution < 1.29 is 33.8 Å². The number of rotatable bonds is 8. The molecule has 2 saturated heterocycles. The summed E-state index contributed by atoms with van der Waals surface area (Å²) in [6.07, 6.45) is 1.52. The number of carbonyl (C=O) groups excluding carboxylic acids is 3. The van der Waals surface area contributed by atoms with Gasteiger partial charge in [0.2, 0.25) is 5.91 Å². The first-order valence-corrected chi connectivity index (χ1v) is 12.9. The molecule has 10 nitrogen and oxygen atoms in total. The number of halogens is 1. The van der Waals surface area contributed by atoms with Crippen LogP contribution in [0.1, 0.15) is 5.56 Å². The van der Waals surface area contributed by atoms with Crippen molar-refractivity contribution in [1.82, 2.24) is 9.80 Å². The van der Waals surface area contributed by atoms with E-state index in [0.717, 1.165) is 22.3 Å². The Hall–Kier alpha value is -3.51. The van der Waals surface area contributed by atoms with E-state index < -0.39 is 23.7 Å². The fourth-order valence-electron chi connectivity index (χ4n) is 3.94. The van der Waals surface area contributed by atoms with Crippen LogP contribution in [0.2, 0.25) is 0 Å². The first-order chi connectivity index (χ1) is 17.8. The number of anilines is 1. The third-order valence-corrected chi connectivity index (χ3v) is 7.44. The van der Waals surface area contributed by atoms with E-state index in [9.17, 15) is 19.2 Å². The lowest BCUT2D eigenvalue weighted by Gasteiger charge is -2.36. The summed E-state index contributed by atoms with van der Waals surface area (Å²) in [5.41, 5.74) is 1.61. The van der Waals surface area contributed by atoms with E-state index in [0.29, 0.717) is 36.2 Å². The van der Waals surface area contributed by atoms with E-state index in [1.807, 2.05) is 30.3 Å². The summed E-state index contributed by atoms with van der Waals surface area (Å²) in [5, 5.41) is 8.33. The summed E-state index contributed by atoms with van der Waals surface area (Å²) in [4.78, 5) is 54.3. The van der Waals surface area contributed by atoms with Crippen LogP contribution < -0.4 is 14.4 Å². The van der Waals surface area contributed by atoms with Crippen molar-refractivity contribution in [3.05, 3.63) is 57.4 Å². The Morgan fingerprint density at radius 2 is 1.78 bits per heavy atom. The summed E-state index contributed by atoms with van der Waals surface area (Å²) in [5.74, 6) is -1.49. The SMILES string of the molecule is COc1cc(/C=C2/SC(=O)N(CC(=O)N3CCN(c4ccccc4)CC3)C2=O)c(Br)cc1OCC(=O)O. The van der Waals surface area contributed by atoms with Gasteiger partial charge in [-0.05, 0) is 47.7 Å². The number of nitrogens with zero attached hydrogens (tertiary/aromatic N) is 3. The molecular formula is C25H24BrN3O7S. The number of carboxylic acid groups (broad SMARTS) is 1. The van der Waals surface area contributed by atoms with E-state index in [4.69, 9.17) is 14.6 Å². The maximum absolute atomic E-state index is 13.0. The van der Waals surface area contributed by atoms with Gasteiger partial charge in [0.05, 0.1) is 12.0 Å². The molecule has 12 heteroatoms. The molecule has 0 radical (unpaired) electrons. The Kier molecular flexibility index (Phi) is 8.39. The molecule has 0 unspecified atom stereocenters. The number of imide groups is 1. The van der Waals surface area contributed by atoms with E-state index in [1.54, 1.807) is 11.0 Å². The Bertz CT molecular complexity index is 1250. The van der Waals surface area contributed by atoms with Crippen LogP contribution in [-0.2, 0) is 14.4 Å². The summed E-state index contributed by atoms with van der Waals surface area (Å²) in [6.45, 7) is 1.47. The summed E-state index contributed by atoms with van der Waals surface area (Å²) < 4.78 is 11.0. The number of hydrogen-bond donors (Lipinski definition) is 1. The summed E-state index contributed by atoms with van der Waals surface area (Å²) in [7, 11) is 1.40. The quantitative estimate of drug-likeness (QED) is 0.463. The molecule has 0 aromatic heterocycles. The van der Waals surface area contributed by atoms with Crippen LogP contribution in [-0.4, -0.2) is 84.4 Å². The van der Waals surface area contributed by atoms with E-state index in [1.165, 1.54) is 19.3 Å². The minimum atomic E-state index is -1.14. The van der Waals surface area contributed by atoms with Gasteiger partial charge < -0.3 is 24.4 Å². The molecule has 0 atom stereocenters. The smallest absolute Gasteiger partial charge is 0.341 e. The largest absolute Gasteiger partial charge is 0.493 e. The maximum atomic E-state index is 13.0. The average Bonchev–Trinajstić information content (AvgIpc) is 3.16. The van der Waals surface area contributed by atoms with Crippen LogP contribution in [0.3, 0.4) is 0 Å². The second-order valence-electron chi connectivity index (χ2n) is 8.18. The molecule has 37 heavy (non-hydrogen) atoms. The van der Waals surface area contributed by atoms with Crippen molar-refractivity contribution in [3.63, 3.8) is 0 Å². The van der Waals surface area contributed by atoms with Crippen LogP contribution in [0.25, 0.3) is 6.08 Å². The van der Waals surface area contributed by atoms with Gasteiger partial charge in [-0.15, -0.1) is 0 Å². The van der Waals surface area contributed by atoms with Crippen molar-refractivity contribution in [1.29, 1.82) is 0 Å². The highest BCUT2D eigenvalue weighted by molar-refractivity contribution is 9.10. The topological polar surface area (TPSA) is 117 Å². The Morgan fingerprint density at radius 3 is 2.43 bits per heavy atom. The molecule has 0 saturated carbocycles. The van der Waals surface area contributed by atoms with Gasteiger partial charge in [0.15, 0.2) is 18.1 Å². The molecule has 3 amide bonds. The highest BCUT2D eigenvalue weighted by Crippen LogP contribution is 2.38. The predicted octanol–water partition coefficient (Wildman–Crippen LogP) is 3.31. The fourth-order valence-corrected chi connectivity index (χ4v) is 5.20. The van der Waals surface area contributed by atoms with E-state index in [2.05, 4.69) is 20.8 Å². The van der Waals surface area contributed by atoms with Crippen molar-refractivity contribution in [2.24, 2.45) is 0 Å². The normalized spacial score (nSPS) is 16.9. The van der Waals surface area contributed by atoms with Crippen LogP contribution in [0, 0.1) is 0 Å². The lowest BCUT2D eigenvalue weighted by molar-refractivity contribution is -0.139. The molecule has 2 heterocycles. The van der Waals surface area contributed by atoms with Gasteiger partial charge in [-0.3, -0.25) is 19.3 Å². The van der Waals surface area contributed by atoms with Gasteiger partial charge >= 0.3 is 5.97 Å². The third kappa shape index (κ3) is 6.25. The van der Waals surface area contributed by atoms with E-state index >= 15 is 0 Å². The van der Waals surface area contributed by atoms with Gasteiger partial charge in [0.1, 0.15) is 6.54 Å². The number of aliphatic carboxylic acids is 1. The number of hydrogen-bond acceptors (Lipinski definition) is 8. The number of benzene rings is 2. The Balaban J connectivity index is 1.41. The number of piperazine rings is 1. The highest BCUT2D eigenvalue weighted by Gasteiger charge is 2.37. The number of para-hydroxylation sites is 1. The van der Waals surface area contributed by atoms with Gasteiger partial charge in [-0.2, -0.15) is 0 Å². The third-order valence-electron chi connectivity index (χ3n) is 5.84. The lowest BCUT2D eigenvalue weighted by atomic mass is 10.2. The number of carboxylic acids is 1. The van der Waals surface area contributed by atoms with Crippen LogP contribution in [0.5, 0.6) is 11.5 Å². The molecular weight excluding hydrogens is 566 g/mol. The van der Waals surface area contributed by atoms with Gasteiger partial charge in [-0.1, -0.05) is 34.1 Å². The van der Waals surface area contributed by atoms with Gasteiger partial charge in [-0.25, -0.2) is 4.79 Å². The molecule has 0 bridgehead atoms. The first-order valence-electron chi connectivity index (χ1n) is 11.3. The van der Waals surface area contributed by atoms with Crippen molar-refractivity contribution in [2.45, 2.75) is 0 Å². The lowest BCUT2D eigenvalue weighted by Crippen LogP contribution is -2.51. The second-order valence-corrected chi connectivity index (χ2v) is 10.0.